The van der Waals surface area contributed by atoms with Gasteiger partial charge in [-0.05, 0) is 17.1 Å². The second-order valence-electron chi connectivity index (χ2n) is 6.05. The van der Waals surface area contributed by atoms with Gasteiger partial charge < -0.3 is 15.3 Å². The smallest absolute Gasteiger partial charge is 0.294 e. The summed E-state index contributed by atoms with van der Waals surface area (Å²) in [6, 6.07) is 9.31. The summed E-state index contributed by atoms with van der Waals surface area (Å²) in [6.07, 6.45) is 0.942. The topological polar surface area (TPSA) is 72.6 Å². The third kappa shape index (κ3) is 3.91. The van der Waals surface area contributed by atoms with Crippen molar-refractivity contribution in [2.45, 2.75) is 38.5 Å². The summed E-state index contributed by atoms with van der Waals surface area (Å²) in [6.45, 7) is 7.89. The third-order valence-electron chi connectivity index (χ3n) is 3.73. The van der Waals surface area contributed by atoms with Crippen LogP contribution in [0.3, 0.4) is 0 Å². The van der Waals surface area contributed by atoms with E-state index in [4.69, 9.17) is 10.2 Å². The van der Waals surface area contributed by atoms with Gasteiger partial charge in [0.15, 0.2) is 0 Å². The maximum atomic E-state index is 11.7. The molecule has 0 aliphatic rings. The Morgan fingerprint density at radius 3 is 2.40 bits per heavy atom. The minimum absolute atomic E-state index is 0.207. The number of hydrogen-bond donors (Lipinski definition) is 2. The molecule has 111 valence electrons. The monoisotopic (exact) mass is 294 g/mol. The number of hydrogen-bond acceptors (Lipinski definition) is 3. The fourth-order valence-electron chi connectivity index (χ4n) is 1.75. The Kier molecular flexibility index (Phi) is 5.50. The molecular formula is C15H24NO3Si. The van der Waals surface area contributed by atoms with Crippen LogP contribution in [0, 0.1) is 6.42 Å². The van der Waals surface area contributed by atoms with Gasteiger partial charge >= 0.3 is 0 Å². The lowest BCUT2D eigenvalue weighted by atomic mass is 10.1. The Labute approximate surface area is 122 Å². The highest BCUT2D eigenvalue weighted by atomic mass is 28.4. The lowest BCUT2D eigenvalue weighted by Crippen LogP contribution is -2.55. The van der Waals surface area contributed by atoms with Gasteiger partial charge in [0.25, 0.3) is 8.32 Å². The number of carbonyl (C=O) groups excluding carboxylic acids is 1. The van der Waals surface area contributed by atoms with Crippen LogP contribution in [0.25, 0.3) is 0 Å². The molecular weight excluding hydrogens is 270 g/mol. The van der Waals surface area contributed by atoms with Crippen LogP contribution in [0.15, 0.2) is 30.3 Å². The Morgan fingerprint density at radius 2 is 1.95 bits per heavy atom. The molecule has 0 fully saturated rings. The first-order chi connectivity index (χ1) is 9.18. The van der Waals surface area contributed by atoms with E-state index in [0.29, 0.717) is 0 Å². The van der Waals surface area contributed by atoms with Crippen LogP contribution in [0.4, 0.5) is 4.79 Å². The highest BCUT2D eigenvalue weighted by molar-refractivity contribution is 7.02. The van der Waals surface area contributed by atoms with Crippen molar-refractivity contribution >= 4 is 13.8 Å². The number of nitrogens with two attached hydrogens (primary N) is 1. The van der Waals surface area contributed by atoms with E-state index in [1.54, 1.807) is 6.42 Å². The first-order valence-corrected chi connectivity index (χ1v) is 9.09. The molecule has 1 rings (SSSR count). The summed E-state index contributed by atoms with van der Waals surface area (Å²) in [4.78, 5) is 11.7. The molecule has 0 bridgehead atoms. The van der Waals surface area contributed by atoms with Gasteiger partial charge in [-0.15, -0.1) is 0 Å². The van der Waals surface area contributed by atoms with Crippen molar-refractivity contribution in [3.8, 4) is 0 Å². The number of primary amides is 1. The van der Waals surface area contributed by atoms with E-state index < -0.39 is 14.4 Å². The minimum Gasteiger partial charge on any atom is -0.407 e. The average Bonchev–Trinajstić information content (AvgIpc) is 2.37. The van der Waals surface area contributed by atoms with Gasteiger partial charge in [0.2, 0.25) is 5.53 Å². The zero-order valence-electron chi connectivity index (χ0n) is 12.6. The van der Waals surface area contributed by atoms with Crippen molar-refractivity contribution < 1.29 is 14.3 Å². The van der Waals surface area contributed by atoms with Crippen molar-refractivity contribution in [1.29, 1.82) is 0 Å². The normalized spacial score (nSPS) is 16.4. The Hall–Kier alpha value is -1.17. The van der Waals surface area contributed by atoms with Gasteiger partial charge in [-0.1, -0.05) is 51.1 Å². The van der Waals surface area contributed by atoms with Crippen molar-refractivity contribution in [3.63, 3.8) is 0 Å². The predicted molar refractivity (Wildman–Crippen MR) is 82.6 cm³/mol. The van der Waals surface area contributed by atoms with Crippen molar-refractivity contribution in [3.05, 3.63) is 42.3 Å². The van der Waals surface area contributed by atoms with Gasteiger partial charge in [-0.2, -0.15) is 0 Å². The summed E-state index contributed by atoms with van der Waals surface area (Å²) in [5.74, 6) is 0. The molecule has 0 aliphatic carbocycles. The van der Waals surface area contributed by atoms with Gasteiger partial charge in [-0.3, -0.25) is 4.79 Å². The number of carbonyl (C=O) groups is 1. The fraction of sp³-hybridized carbons (Fsp3) is 0.467. The van der Waals surface area contributed by atoms with E-state index in [9.17, 15) is 9.90 Å². The molecule has 1 unspecified atom stereocenters. The molecule has 1 aromatic carbocycles. The van der Waals surface area contributed by atoms with Gasteiger partial charge in [0.1, 0.15) is 0 Å². The van der Waals surface area contributed by atoms with Crippen molar-refractivity contribution in [2.75, 3.05) is 6.61 Å². The van der Waals surface area contributed by atoms with Gasteiger partial charge in [0.05, 0.1) is 6.10 Å². The second kappa shape index (κ2) is 6.52. The highest BCUT2D eigenvalue weighted by Crippen LogP contribution is 2.37. The summed E-state index contributed by atoms with van der Waals surface area (Å²) in [5.41, 5.74) is 5.94. The molecule has 4 nitrogen and oxygen atoms in total. The van der Waals surface area contributed by atoms with E-state index in [1.165, 1.54) is 0 Å². The Morgan fingerprint density at radius 1 is 1.40 bits per heavy atom. The predicted octanol–water partition coefficient (Wildman–Crippen LogP) is 2.98. The minimum atomic E-state index is -2.70. The van der Waals surface area contributed by atoms with E-state index in [-0.39, 0.29) is 17.2 Å². The SMILES string of the molecule is CC(C)(C)[Si](C)(OC[CH][C@H](O)c1ccccc1)C(N)=O. The average molecular weight is 294 g/mol. The van der Waals surface area contributed by atoms with E-state index in [0.717, 1.165) is 5.56 Å². The molecule has 0 spiro atoms. The van der Waals surface area contributed by atoms with Crippen LogP contribution in [0.2, 0.25) is 11.6 Å². The second-order valence-corrected chi connectivity index (χ2v) is 10.4. The molecule has 0 saturated heterocycles. The van der Waals surface area contributed by atoms with Gasteiger partial charge in [-0.25, -0.2) is 0 Å². The van der Waals surface area contributed by atoms with E-state index in [2.05, 4.69) is 0 Å². The maximum Gasteiger partial charge on any atom is 0.294 e. The largest absolute Gasteiger partial charge is 0.407 e. The molecule has 5 heteroatoms. The van der Waals surface area contributed by atoms with Crippen LogP contribution < -0.4 is 5.73 Å². The zero-order chi connectivity index (χ0) is 15.4. The number of aliphatic hydroxyl groups is 1. The standard InChI is InChI=1S/C15H24NO3Si/c1-15(2,3)20(4,14(16)18)19-11-10-13(17)12-8-6-5-7-9-12/h5-10,13,17H,11H2,1-4H3,(H2,16,18)/t13-,20?/m0/s1. The van der Waals surface area contributed by atoms with Gasteiger partial charge in [0, 0.05) is 13.0 Å². The lowest BCUT2D eigenvalue weighted by molar-refractivity contribution is 0.185. The third-order valence-corrected chi connectivity index (χ3v) is 8.28. The molecule has 2 atom stereocenters. The zero-order valence-corrected chi connectivity index (χ0v) is 13.6. The summed E-state index contributed by atoms with van der Waals surface area (Å²) >= 11 is 0. The maximum absolute atomic E-state index is 11.7. The number of benzene rings is 1. The fourth-order valence-corrected chi connectivity index (χ4v) is 3.49. The molecule has 0 aromatic heterocycles. The van der Waals surface area contributed by atoms with E-state index >= 15 is 0 Å². The van der Waals surface area contributed by atoms with Crippen LogP contribution in [0.5, 0.6) is 0 Å². The number of rotatable bonds is 6. The number of aliphatic hydroxyl groups excluding tert-OH is 1. The Balaban J connectivity index is 2.60. The van der Waals surface area contributed by atoms with Crippen LogP contribution in [-0.4, -0.2) is 25.6 Å². The molecule has 20 heavy (non-hydrogen) atoms. The summed E-state index contributed by atoms with van der Waals surface area (Å²) in [7, 11) is -2.70. The summed E-state index contributed by atoms with van der Waals surface area (Å²) < 4.78 is 5.80. The van der Waals surface area contributed by atoms with Crippen molar-refractivity contribution in [2.24, 2.45) is 5.73 Å². The number of amides is 1. The molecule has 0 heterocycles. The molecule has 3 N–H and O–H groups in total. The van der Waals surface area contributed by atoms with Crippen LogP contribution >= 0.6 is 0 Å². The first-order valence-electron chi connectivity index (χ1n) is 6.68. The Bertz CT molecular complexity index is 444. The van der Waals surface area contributed by atoms with E-state index in [1.807, 2.05) is 57.7 Å². The van der Waals surface area contributed by atoms with Crippen LogP contribution in [0.1, 0.15) is 32.4 Å². The molecule has 0 aliphatic heterocycles. The molecule has 0 saturated carbocycles. The van der Waals surface area contributed by atoms with Crippen molar-refractivity contribution in [1.82, 2.24) is 0 Å². The molecule has 1 aromatic rings. The molecule has 1 radical (unpaired) electrons. The summed E-state index contributed by atoms with van der Waals surface area (Å²) in [5, 5.41) is 9.74. The first kappa shape index (κ1) is 16.9. The highest BCUT2D eigenvalue weighted by Gasteiger charge is 2.48. The quantitative estimate of drug-likeness (QED) is 0.792. The molecule has 1 amide bonds. The van der Waals surface area contributed by atoms with Crippen LogP contribution in [-0.2, 0) is 4.43 Å². The lowest BCUT2D eigenvalue weighted by Gasteiger charge is -2.36.